The Morgan fingerprint density at radius 3 is 3.00 bits per heavy atom. The Morgan fingerprint density at radius 1 is 1.73 bits per heavy atom. The number of hydrogen-bond acceptors (Lipinski definition) is 2. The second-order valence-corrected chi connectivity index (χ2v) is 2.86. The highest BCUT2D eigenvalue weighted by atomic mass is 16.6. The summed E-state index contributed by atoms with van der Waals surface area (Å²) >= 11 is 0. The van der Waals surface area contributed by atoms with Crippen LogP contribution in [0.2, 0.25) is 0 Å². The molecule has 0 saturated carbocycles. The lowest BCUT2D eigenvalue weighted by molar-refractivity contribution is -0.121. The molecule has 0 aromatic heterocycles. The summed E-state index contributed by atoms with van der Waals surface area (Å²) in [4.78, 5) is 11.0. The summed E-state index contributed by atoms with van der Waals surface area (Å²) in [5.41, 5.74) is 0. The van der Waals surface area contributed by atoms with Crippen LogP contribution >= 0.6 is 0 Å². The van der Waals surface area contributed by atoms with Crippen LogP contribution < -0.4 is 5.32 Å². The molecule has 0 unspecified atom stereocenters. The molecule has 0 aromatic rings. The van der Waals surface area contributed by atoms with Crippen LogP contribution in [0.3, 0.4) is 0 Å². The fraction of sp³-hybridized carbons (Fsp3) is 0.875. The van der Waals surface area contributed by atoms with Crippen LogP contribution in [-0.4, -0.2) is 25.2 Å². The van der Waals surface area contributed by atoms with Gasteiger partial charge in [-0.2, -0.15) is 0 Å². The van der Waals surface area contributed by atoms with Gasteiger partial charge in [-0.15, -0.1) is 0 Å². The van der Waals surface area contributed by atoms with Gasteiger partial charge in [0.25, 0.3) is 0 Å². The molecule has 1 rings (SSSR count). The maximum absolute atomic E-state index is 11.0. The Morgan fingerprint density at radius 2 is 2.45 bits per heavy atom. The minimum Gasteiger partial charge on any atom is -0.371 e. The zero-order valence-electron chi connectivity index (χ0n) is 6.93. The number of hydrogen-bond donors (Lipinski definition) is 1. The fourth-order valence-corrected chi connectivity index (χ4v) is 0.839. The average molecular weight is 157 g/mol. The van der Waals surface area contributed by atoms with E-state index in [4.69, 9.17) is 4.74 Å². The molecule has 1 N–H and O–H groups in total. The normalized spacial score (nSPS) is 21.4. The topological polar surface area (TPSA) is 41.6 Å². The number of amides is 1. The van der Waals surface area contributed by atoms with Gasteiger partial charge in [-0.1, -0.05) is 13.3 Å². The van der Waals surface area contributed by atoms with E-state index in [1.807, 2.05) is 0 Å². The first-order valence-electron chi connectivity index (χ1n) is 4.21. The van der Waals surface area contributed by atoms with Crippen molar-refractivity contribution in [2.24, 2.45) is 0 Å². The zero-order valence-corrected chi connectivity index (χ0v) is 6.93. The SMILES string of the molecule is CCCCC(=O)NC[C@@H]1CO1. The second kappa shape index (κ2) is 4.34. The molecule has 1 aliphatic rings. The summed E-state index contributed by atoms with van der Waals surface area (Å²) < 4.78 is 4.95. The monoisotopic (exact) mass is 157 g/mol. The highest BCUT2D eigenvalue weighted by Gasteiger charge is 2.22. The largest absolute Gasteiger partial charge is 0.371 e. The number of rotatable bonds is 5. The molecule has 3 heteroatoms. The first-order chi connectivity index (χ1) is 5.33. The summed E-state index contributed by atoms with van der Waals surface area (Å²) in [5, 5.41) is 2.82. The number of ether oxygens (including phenoxy) is 1. The Labute approximate surface area is 67.1 Å². The Balaban J connectivity index is 1.91. The zero-order chi connectivity index (χ0) is 8.10. The van der Waals surface area contributed by atoms with Crippen molar-refractivity contribution in [1.82, 2.24) is 5.32 Å². The molecule has 64 valence electrons. The van der Waals surface area contributed by atoms with Crippen LogP contribution in [-0.2, 0) is 9.53 Å². The first kappa shape index (κ1) is 8.53. The number of carbonyl (C=O) groups is 1. The molecule has 1 heterocycles. The molecule has 1 saturated heterocycles. The quantitative estimate of drug-likeness (QED) is 0.596. The van der Waals surface area contributed by atoms with E-state index < -0.39 is 0 Å². The maximum atomic E-state index is 11.0. The lowest BCUT2D eigenvalue weighted by Gasteiger charge is -2.00. The van der Waals surface area contributed by atoms with E-state index in [1.165, 1.54) is 0 Å². The van der Waals surface area contributed by atoms with Crippen LogP contribution in [0.15, 0.2) is 0 Å². The molecule has 0 radical (unpaired) electrons. The highest BCUT2D eigenvalue weighted by molar-refractivity contribution is 5.75. The molecular weight excluding hydrogens is 142 g/mol. The number of carbonyl (C=O) groups excluding carboxylic acids is 1. The minimum absolute atomic E-state index is 0.155. The van der Waals surface area contributed by atoms with E-state index in [9.17, 15) is 4.79 Å². The van der Waals surface area contributed by atoms with E-state index in [-0.39, 0.29) is 5.91 Å². The van der Waals surface area contributed by atoms with E-state index in [1.54, 1.807) is 0 Å². The van der Waals surface area contributed by atoms with Crippen molar-refractivity contribution in [2.45, 2.75) is 32.3 Å². The van der Waals surface area contributed by atoms with E-state index >= 15 is 0 Å². The van der Waals surface area contributed by atoms with Crippen LogP contribution in [0, 0.1) is 0 Å². The van der Waals surface area contributed by atoms with Gasteiger partial charge in [-0.3, -0.25) is 4.79 Å². The van der Waals surface area contributed by atoms with Crippen molar-refractivity contribution in [3.8, 4) is 0 Å². The summed E-state index contributed by atoms with van der Waals surface area (Å²) in [5.74, 6) is 0.155. The maximum Gasteiger partial charge on any atom is 0.220 e. The van der Waals surface area contributed by atoms with Gasteiger partial charge in [0.05, 0.1) is 12.7 Å². The number of unbranched alkanes of at least 4 members (excludes halogenated alkanes) is 1. The van der Waals surface area contributed by atoms with Gasteiger partial charge in [-0.25, -0.2) is 0 Å². The lowest BCUT2D eigenvalue weighted by Crippen LogP contribution is -2.26. The summed E-state index contributed by atoms with van der Waals surface area (Å²) in [7, 11) is 0. The van der Waals surface area contributed by atoms with Crippen LogP contribution in [0.4, 0.5) is 0 Å². The highest BCUT2D eigenvalue weighted by Crippen LogP contribution is 2.06. The van der Waals surface area contributed by atoms with Crippen LogP contribution in [0.5, 0.6) is 0 Å². The summed E-state index contributed by atoms with van der Waals surface area (Å²) in [6.07, 6.45) is 3.02. The smallest absolute Gasteiger partial charge is 0.220 e. The van der Waals surface area contributed by atoms with Crippen LogP contribution in [0.1, 0.15) is 26.2 Å². The second-order valence-electron chi connectivity index (χ2n) is 2.86. The van der Waals surface area contributed by atoms with Crippen molar-refractivity contribution >= 4 is 5.91 Å². The van der Waals surface area contributed by atoms with Gasteiger partial charge in [0, 0.05) is 13.0 Å². The Hall–Kier alpha value is -0.570. The molecule has 0 aromatic carbocycles. The van der Waals surface area contributed by atoms with Crippen LogP contribution in [0.25, 0.3) is 0 Å². The molecule has 11 heavy (non-hydrogen) atoms. The predicted molar refractivity (Wildman–Crippen MR) is 42.3 cm³/mol. The average Bonchev–Trinajstić information content (AvgIpc) is 2.80. The first-order valence-corrected chi connectivity index (χ1v) is 4.21. The molecule has 3 nitrogen and oxygen atoms in total. The standard InChI is InChI=1S/C8H15NO2/c1-2-3-4-8(10)9-5-7-6-11-7/h7H,2-6H2,1H3,(H,9,10)/t7-/m1/s1. The Bertz CT molecular complexity index is 132. The third-order valence-electron chi connectivity index (χ3n) is 1.69. The van der Waals surface area contributed by atoms with Crippen molar-refractivity contribution in [3.05, 3.63) is 0 Å². The number of nitrogens with one attached hydrogen (secondary N) is 1. The minimum atomic E-state index is 0.155. The van der Waals surface area contributed by atoms with E-state index in [0.717, 1.165) is 19.4 Å². The molecule has 1 aliphatic heterocycles. The Kier molecular flexibility index (Phi) is 3.36. The predicted octanol–water partition coefficient (Wildman–Crippen LogP) is 0.692. The fourth-order valence-electron chi connectivity index (χ4n) is 0.839. The van der Waals surface area contributed by atoms with Gasteiger partial charge in [0.15, 0.2) is 0 Å². The molecule has 0 spiro atoms. The van der Waals surface area contributed by atoms with Crippen molar-refractivity contribution in [2.75, 3.05) is 13.2 Å². The van der Waals surface area contributed by atoms with Gasteiger partial charge in [-0.05, 0) is 6.42 Å². The molecule has 1 atom stereocenters. The van der Waals surface area contributed by atoms with Gasteiger partial charge in [0.2, 0.25) is 5.91 Å². The van der Waals surface area contributed by atoms with Gasteiger partial charge in [0.1, 0.15) is 0 Å². The molecule has 0 bridgehead atoms. The summed E-state index contributed by atoms with van der Waals surface area (Å²) in [6, 6.07) is 0. The van der Waals surface area contributed by atoms with Crippen molar-refractivity contribution < 1.29 is 9.53 Å². The van der Waals surface area contributed by atoms with Gasteiger partial charge >= 0.3 is 0 Å². The third kappa shape index (κ3) is 3.98. The van der Waals surface area contributed by atoms with Crippen molar-refractivity contribution in [1.29, 1.82) is 0 Å². The van der Waals surface area contributed by atoms with E-state index in [0.29, 0.717) is 19.1 Å². The molecule has 0 aliphatic carbocycles. The molecule has 1 fully saturated rings. The molecule has 1 amide bonds. The molecular formula is C8H15NO2. The van der Waals surface area contributed by atoms with Crippen molar-refractivity contribution in [3.63, 3.8) is 0 Å². The number of epoxide rings is 1. The lowest BCUT2D eigenvalue weighted by atomic mass is 10.2. The summed E-state index contributed by atoms with van der Waals surface area (Å²) in [6.45, 7) is 3.59. The third-order valence-corrected chi connectivity index (χ3v) is 1.69. The van der Waals surface area contributed by atoms with E-state index in [2.05, 4.69) is 12.2 Å². The van der Waals surface area contributed by atoms with Gasteiger partial charge < -0.3 is 10.1 Å².